The molecule has 7 nitrogen and oxygen atoms in total. The Hall–Kier alpha value is -6.44. The maximum Gasteiger partial charge on any atom is 0.248 e. The Balaban J connectivity index is 0.997. The maximum absolute atomic E-state index is 6.67. The summed E-state index contributed by atoms with van der Waals surface area (Å²) in [5.41, 5.74) is 7.79. The van der Waals surface area contributed by atoms with Crippen LogP contribution >= 0.6 is 0 Å². The first-order valence-corrected chi connectivity index (χ1v) is 20.0. The molecule has 0 N–H and O–H groups in total. The number of ether oxygens (including phenoxy) is 1. The Morgan fingerprint density at radius 3 is 1.65 bits per heavy atom. The molecular weight excluding hydrogens is 703 g/mol. The summed E-state index contributed by atoms with van der Waals surface area (Å²) < 4.78 is 17.9. The molecule has 2 aliphatic rings. The zero-order valence-corrected chi connectivity index (χ0v) is 32.3. The largest absolute Gasteiger partial charge is 0.487 e. The van der Waals surface area contributed by atoms with Crippen LogP contribution in [0.2, 0.25) is 0 Å². The lowest BCUT2D eigenvalue weighted by Crippen LogP contribution is -2.46. The van der Waals surface area contributed by atoms with E-state index in [1.807, 2.05) is 24.3 Å². The zero-order chi connectivity index (χ0) is 38.3. The van der Waals surface area contributed by atoms with Gasteiger partial charge in [-0.2, -0.15) is 0 Å². The topological polar surface area (TPSA) is 61.2 Å². The highest BCUT2D eigenvalue weighted by atomic mass is 16.5. The molecule has 1 saturated carbocycles. The number of hydrogen-bond donors (Lipinski definition) is 0. The summed E-state index contributed by atoms with van der Waals surface area (Å²) in [5, 5.41) is 14.1. The van der Waals surface area contributed by atoms with Crippen molar-refractivity contribution in [1.29, 1.82) is 0 Å². The summed E-state index contributed by atoms with van der Waals surface area (Å²) in [6, 6.07) is 49.6. The van der Waals surface area contributed by atoms with E-state index in [-0.39, 0.29) is 0 Å². The Kier molecular flexibility index (Phi) is 7.76. The predicted molar refractivity (Wildman–Crippen MR) is 230 cm³/mol. The smallest absolute Gasteiger partial charge is 0.248 e. The van der Waals surface area contributed by atoms with Crippen LogP contribution in [0.3, 0.4) is 0 Å². The van der Waals surface area contributed by atoms with Crippen LogP contribution < -0.4 is 4.74 Å². The van der Waals surface area contributed by atoms with Crippen molar-refractivity contribution in [2.75, 3.05) is 13.6 Å². The molecule has 11 rings (SSSR count). The van der Waals surface area contributed by atoms with Crippen LogP contribution in [0.25, 0.3) is 77.9 Å². The lowest BCUT2D eigenvalue weighted by molar-refractivity contribution is 0.0486. The van der Waals surface area contributed by atoms with Gasteiger partial charge >= 0.3 is 0 Å². The number of likely N-dealkylation sites (N-methyl/N-ethyl adjacent to an activating group) is 1. The van der Waals surface area contributed by atoms with Crippen LogP contribution in [0, 0.1) is 11.8 Å². The van der Waals surface area contributed by atoms with E-state index >= 15 is 0 Å². The van der Waals surface area contributed by atoms with Gasteiger partial charge in [-0.25, -0.2) is 0 Å². The first kappa shape index (κ1) is 33.9. The van der Waals surface area contributed by atoms with E-state index in [0.29, 0.717) is 23.7 Å². The van der Waals surface area contributed by atoms with Crippen molar-refractivity contribution >= 4 is 43.6 Å². The number of benzene rings is 6. The Labute approximate surface area is 331 Å². The first-order chi connectivity index (χ1) is 27.9. The number of fused-ring (bicyclic) bond motifs is 8. The molecule has 3 atom stereocenters. The van der Waals surface area contributed by atoms with Gasteiger partial charge in [-0.1, -0.05) is 91.0 Å². The third-order valence-electron chi connectivity index (χ3n) is 12.2. The van der Waals surface area contributed by atoms with Crippen molar-refractivity contribution < 1.29 is 9.15 Å². The summed E-state index contributed by atoms with van der Waals surface area (Å²) >= 11 is 0. The lowest BCUT2D eigenvalue weighted by Gasteiger charge is -2.36. The van der Waals surface area contributed by atoms with Crippen LogP contribution in [0.1, 0.15) is 26.7 Å². The van der Waals surface area contributed by atoms with Crippen molar-refractivity contribution in [3.63, 3.8) is 0 Å². The molecule has 7 heteroatoms. The van der Waals surface area contributed by atoms with Gasteiger partial charge in [-0.3, -0.25) is 4.90 Å². The Morgan fingerprint density at radius 1 is 0.614 bits per heavy atom. The van der Waals surface area contributed by atoms with Crippen LogP contribution in [-0.2, 0) is 0 Å². The van der Waals surface area contributed by atoms with Crippen molar-refractivity contribution in [1.82, 2.24) is 24.2 Å². The third kappa shape index (κ3) is 5.76. The molecule has 9 aromatic rings. The second-order valence-electron chi connectivity index (χ2n) is 16.5. The van der Waals surface area contributed by atoms with E-state index in [2.05, 4.69) is 173 Å². The SMILES string of the molecule is CN(CC(C)(C)Oc1cccc(-c2nnc(-c3cc(-n4c5ccccc5c5ccccc54)cc(-n4c5ccccc5c5ccccc54)c3)o2)c1)C1CC2C=CC1C2. The molecule has 2 aliphatic carbocycles. The van der Waals surface area contributed by atoms with Gasteiger partial charge in [-0.05, 0) is 106 Å². The fraction of sp³-hybridized carbons (Fsp3) is 0.200. The van der Waals surface area contributed by atoms with Crippen LogP contribution in [0.4, 0.5) is 0 Å². The fourth-order valence-corrected chi connectivity index (χ4v) is 9.86. The van der Waals surface area contributed by atoms with Gasteiger partial charge in [0.15, 0.2) is 0 Å². The summed E-state index contributed by atoms with van der Waals surface area (Å²) in [5.74, 6) is 3.06. The Morgan fingerprint density at radius 2 is 1.14 bits per heavy atom. The van der Waals surface area contributed by atoms with Gasteiger partial charge in [0, 0.05) is 56.6 Å². The number of allylic oxidation sites excluding steroid dienone is 1. The minimum Gasteiger partial charge on any atom is -0.487 e. The molecule has 280 valence electrons. The van der Waals surface area contributed by atoms with E-state index in [9.17, 15) is 0 Å². The van der Waals surface area contributed by atoms with Crippen LogP contribution in [0.15, 0.2) is 156 Å². The fourth-order valence-electron chi connectivity index (χ4n) is 9.86. The molecule has 3 unspecified atom stereocenters. The number of para-hydroxylation sites is 4. The van der Waals surface area contributed by atoms with E-state index in [1.165, 1.54) is 34.4 Å². The van der Waals surface area contributed by atoms with Gasteiger partial charge in [0.25, 0.3) is 0 Å². The van der Waals surface area contributed by atoms with E-state index < -0.39 is 5.60 Å². The highest BCUT2D eigenvalue weighted by Gasteiger charge is 2.39. The summed E-state index contributed by atoms with van der Waals surface area (Å²) in [6.07, 6.45) is 7.34. The average Bonchev–Trinajstić information content (AvgIpc) is 4.08. The quantitative estimate of drug-likeness (QED) is 0.138. The molecule has 57 heavy (non-hydrogen) atoms. The second-order valence-corrected chi connectivity index (χ2v) is 16.5. The van der Waals surface area contributed by atoms with E-state index in [0.717, 1.165) is 62.8 Å². The minimum absolute atomic E-state index is 0.393. The standard InChI is InChI=1S/C50H43N5O2/c1-50(2,31-53(3)47-26-32-23-24-33(47)25-32)57-38-14-12-13-34(29-38)48-51-52-49(56-48)35-27-36(54-43-19-8-4-15-39(43)40-16-5-9-20-44(40)54)30-37(28-35)55-45-21-10-6-17-41(45)42-18-7-11-22-46(42)55/h4-24,27-30,32-33,47H,25-26,31H2,1-3H3. The molecule has 3 heterocycles. The highest BCUT2D eigenvalue weighted by molar-refractivity contribution is 6.10. The monoisotopic (exact) mass is 745 g/mol. The zero-order valence-electron chi connectivity index (χ0n) is 32.3. The molecule has 3 aromatic heterocycles. The molecule has 6 aromatic carbocycles. The van der Waals surface area contributed by atoms with Crippen molar-refractivity contribution in [2.45, 2.75) is 38.3 Å². The molecule has 0 amide bonds. The average molecular weight is 746 g/mol. The van der Waals surface area contributed by atoms with Crippen molar-refractivity contribution in [3.05, 3.63) is 152 Å². The number of aromatic nitrogens is 4. The molecule has 1 fully saturated rings. The lowest BCUT2D eigenvalue weighted by atomic mass is 9.98. The number of rotatable bonds is 9. The van der Waals surface area contributed by atoms with Gasteiger partial charge < -0.3 is 18.3 Å². The van der Waals surface area contributed by atoms with Crippen molar-refractivity contribution in [2.24, 2.45) is 11.8 Å². The second kappa shape index (κ2) is 13.1. The van der Waals surface area contributed by atoms with Gasteiger partial charge in [0.05, 0.1) is 22.1 Å². The summed E-state index contributed by atoms with van der Waals surface area (Å²) in [4.78, 5) is 2.49. The molecule has 0 spiro atoms. The minimum atomic E-state index is -0.393. The third-order valence-corrected chi connectivity index (χ3v) is 12.2. The van der Waals surface area contributed by atoms with Gasteiger partial charge in [-0.15, -0.1) is 10.2 Å². The molecular formula is C50H43N5O2. The first-order valence-electron chi connectivity index (χ1n) is 20.0. The molecule has 0 saturated heterocycles. The van der Waals surface area contributed by atoms with Gasteiger partial charge in [0.2, 0.25) is 11.8 Å². The maximum atomic E-state index is 6.67. The molecule has 0 radical (unpaired) electrons. The van der Waals surface area contributed by atoms with Crippen LogP contribution in [-0.4, -0.2) is 49.5 Å². The molecule has 0 aliphatic heterocycles. The number of hydrogen-bond acceptors (Lipinski definition) is 5. The van der Waals surface area contributed by atoms with Gasteiger partial charge in [0.1, 0.15) is 11.4 Å². The molecule has 2 bridgehead atoms. The normalized spacial score (nSPS) is 17.9. The Bertz CT molecular complexity index is 2780. The van der Waals surface area contributed by atoms with E-state index in [1.54, 1.807) is 0 Å². The van der Waals surface area contributed by atoms with E-state index in [4.69, 9.17) is 9.15 Å². The van der Waals surface area contributed by atoms with Crippen LogP contribution in [0.5, 0.6) is 5.75 Å². The van der Waals surface area contributed by atoms with Crippen molar-refractivity contribution in [3.8, 4) is 40.0 Å². The summed E-state index contributed by atoms with van der Waals surface area (Å²) in [7, 11) is 2.24. The predicted octanol–water partition coefficient (Wildman–Crippen LogP) is 11.7. The highest BCUT2D eigenvalue weighted by Crippen LogP contribution is 2.42. The summed E-state index contributed by atoms with van der Waals surface area (Å²) in [6.45, 7) is 5.17. The number of nitrogens with zero attached hydrogens (tertiary/aromatic N) is 5.